The van der Waals surface area contributed by atoms with Crippen LogP contribution in [0.2, 0.25) is 0 Å². The third kappa shape index (κ3) is 5.34. The van der Waals surface area contributed by atoms with Crippen LogP contribution < -0.4 is 10.2 Å². The highest BCUT2D eigenvalue weighted by Crippen LogP contribution is 2.49. The molecule has 3 rings (SSSR count). The molecule has 0 bridgehead atoms. The van der Waals surface area contributed by atoms with Crippen molar-refractivity contribution in [1.29, 1.82) is 0 Å². The number of aliphatic imine (C=N–C) groups is 1. The van der Waals surface area contributed by atoms with Crippen molar-refractivity contribution < 1.29 is 9.13 Å². The SMILES string of the molecule is CCNC(=NCC1(CCOCC)CC1)N1CCN(c2ccccc2F)CC1. The van der Waals surface area contributed by atoms with Crippen molar-refractivity contribution in [2.45, 2.75) is 33.1 Å². The first-order valence-electron chi connectivity index (χ1n) is 10.3. The first kappa shape index (κ1) is 19.9. The van der Waals surface area contributed by atoms with Crippen LogP contribution in [0, 0.1) is 11.2 Å². The number of rotatable bonds is 8. The van der Waals surface area contributed by atoms with Gasteiger partial charge < -0.3 is 19.9 Å². The molecule has 1 N–H and O–H groups in total. The lowest BCUT2D eigenvalue weighted by molar-refractivity contribution is 0.129. The number of nitrogens with zero attached hydrogens (tertiary/aromatic N) is 3. The van der Waals surface area contributed by atoms with Gasteiger partial charge in [0.05, 0.1) is 5.69 Å². The molecule has 0 radical (unpaired) electrons. The monoisotopic (exact) mass is 376 g/mol. The van der Waals surface area contributed by atoms with Crippen LogP contribution >= 0.6 is 0 Å². The molecule has 1 heterocycles. The highest BCUT2D eigenvalue weighted by atomic mass is 19.1. The Morgan fingerprint density at radius 1 is 1.19 bits per heavy atom. The minimum Gasteiger partial charge on any atom is -0.382 e. The molecule has 1 aliphatic carbocycles. The summed E-state index contributed by atoms with van der Waals surface area (Å²) in [6, 6.07) is 7.03. The number of ether oxygens (including phenoxy) is 1. The van der Waals surface area contributed by atoms with Gasteiger partial charge in [-0.05, 0) is 50.7 Å². The van der Waals surface area contributed by atoms with Crippen molar-refractivity contribution >= 4 is 11.6 Å². The zero-order chi connectivity index (χ0) is 19.1. The fourth-order valence-corrected chi connectivity index (χ4v) is 3.63. The van der Waals surface area contributed by atoms with Crippen LogP contribution in [-0.2, 0) is 4.74 Å². The molecule has 0 unspecified atom stereocenters. The van der Waals surface area contributed by atoms with E-state index >= 15 is 0 Å². The number of guanidine groups is 1. The van der Waals surface area contributed by atoms with Gasteiger partial charge in [0, 0.05) is 52.5 Å². The maximum absolute atomic E-state index is 14.0. The molecule has 1 aromatic rings. The van der Waals surface area contributed by atoms with E-state index in [1.54, 1.807) is 6.07 Å². The standard InChI is InChI=1S/C21H33FN4O/c1-3-23-20(24-17-21(9-10-21)11-16-27-4-2)26-14-12-25(13-15-26)19-8-6-5-7-18(19)22/h5-8H,3-4,9-17H2,1-2H3,(H,23,24). The maximum Gasteiger partial charge on any atom is 0.194 e. The van der Waals surface area contributed by atoms with Crippen LogP contribution in [0.1, 0.15) is 33.1 Å². The molecule has 150 valence electrons. The Bertz CT molecular complexity index is 624. The molecule has 1 saturated carbocycles. The molecule has 6 heteroatoms. The van der Waals surface area contributed by atoms with Crippen LogP contribution in [0.25, 0.3) is 0 Å². The second kappa shape index (κ2) is 9.40. The van der Waals surface area contributed by atoms with Crippen molar-refractivity contribution in [3.05, 3.63) is 30.1 Å². The zero-order valence-electron chi connectivity index (χ0n) is 16.7. The van der Waals surface area contributed by atoms with Gasteiger partial charge in [-0.15, -0.1) is 0 Å². The fourth-order valence-electron chi connectivity index (χ4n) is 3.63. The second-order valence-corrected chi connectivity index (χ2v) is 7.54. The summed E-state index contributed by atoms with van der Waals surface area (Å²) in [6.07, 6.45) is 3.61. The summed E-state index contributed by atoms with van der Waals surface area (Å²) in [7, 11) is 0. The van der Waals surface area contributed by atoms with E-state index in [-0.39, 0.29) is 5.82 Å². The van der Waals surface area contributed by atoms with E-state index in [4.69, 9.17) is 9.73 Å². The Labute approximate surface area is 162 Å². The molecule has 27 heavy (non-hydrogen) atoms. The summed E-state index contributed by atoms with van der Waals surface area (Å²) in [4.78, 5) is 9.38. The largest absolute Gasteiger partial charge is 0.382 e. The normalized spacial score (nSPS) is 19.3. The Morgan fingerprint density at radius 3 is 2.56 bits per heavy atom. The Morgan fingerprint density at radius 2 is 1.93 bits per heavy atom. The van der Waals surface area contributed by atoms with Gasteiger partial charge in [-0.1, -0.05) is 12.1 Å². The van der Waals surface area contributed by atoms with Gasteiger partial charge in [0.1, 0.15) is 5.82 Å². The van der Waals surface area contributed by atoms with E-state index in [0.29, 0.717) is 11.1 Å². The van der Waals surface area contributed by atoms with Crippen LogP contribution in [-0.4, -0.2) is 63.3 Å². The summed E-state index contributed by atoms with van der Waals surface area (Å²) in [6.45, 7) is 10.8. The van der Waals surface area contributed by atoms with Crippen LogP contribution in [0.5, 0.6) is 0 Å². The van der Waals surface area contributed by atoms with Gasteiger partial charge in [0.15, 0.2) is 5.96 Å². The number of halogens is 1. The Kier molecular flexibility index (Phi) is 6.94. The van der Waals surface area contributed by atoms with E-state index in [2.05, 4.69) is 22.0 Å². The van der Waals surface area contributed by atoms with Crippen molar-refractivity contribution in [2.75, 3.05) is 57.4 Å². The highest BCUT2D eigenvalue weighted by molar-refractivity contribution is 5.80. The molecule has 2 aliphatic rings. The fraction of sp³-hybridized carbons (Fsp3) is 0.667. The van der Waals surface area contributed by atoms with Gasteiger partial charge in [0.2, 0.25) is 0 Å². The zero-order valence-corrected chi connectivity index (χ0v) is 16.7. The molecular weight excluding hydrogens is 343 g/mol. The average molecular weight is 377 g/mol. The maximum atomic E-state index is 14.0. The molecule has 5 nitrogen and oxygen atoms in total. The van der Waals surface area contributed by atoms with E-state index in [0.717, 1.165) is 64.9 Å². The minimum absolute atomic E-state index is 0.142. The Balaban J connectivity index is 1.56. The lowest BCUT2D eigenvalue weighted by atomic mass is 10.0. The first-order valence-corrected chi connectivity index (χ1v) is 10.3. The first-order chi connectivity index (χ1) is 13.2. The van der Waals surface area contributed by atoms with E-state index in [1.807, 2.05) is 19.1 Å². The molecule has 0 aromatic heterocycles. The second-order valence-electron chi connectivity index (χ2n) is 7.54. The smallest absolute Gasteiger partial charge is 0.194 e. The molecule has 0 atom stereocenters. The van der Waals surface area contributed by atoms with Crippen LogP contribution in [0.4, 0.5) is 10.1 Å². The molecule has 1 aliphatic heterocycles. The number of benzene rings is 1. The summed E-state index contributed by atoms with van der Waals surface area (Å²) in [5, 5.41) is 3.44. The summed E-state index contributed by atoms with van der Waals surface area (Å²) in [5.74, 6) is 0.852. The van der Waals surface area contributed by atoms with Crippen molar-refractivity contribution in [3.63, 3.8) is 0 Å². The van der Waals surface area contributed by atoms with Gasteiger partial charge in [0.25, 0.3) is 0 Å². The molecule has 0 spiro atoms. The van der Waals surface area contributed by atoms with Gasteiger partial charge in [-0.2, -0.15) is 0 Å². The van der Waals surface area contributed by atoms with Crippen molar-refractivity contribution in [1.82, 2.24) is 10.2 Å². The van der Waals surface area contributed by atoms with Gasteiger partial charge >= 0.3 is 0 Å². The summed E-state index contributed by atoms with van der Waals surface area (Å²) in [5.41, 5.74) is 1.05. The molecule has 0 amide bonds. The van der Waals surface area contributed by atoms with Crippen LogP contribution in [0.15, 0.2) is 29.3 Å². The summed E-state index contributed by atoms with van der Waals surface area (Å²) < 4.78 is 19.6. The minimum atomic E-state index is -0.142. The average Bonchev–Trinajstić information content (AvgIpc) is 3.46. The van der Waals surface area contributed by atoms with E-state index in [9.17, 15) is 4.39 Å². The van der Waals surface area contributed by atoms with Crippen molar-refractivity contribution in [2.24, 2.45) is 10.4 Å². The number of hydrogen-bond donors (Lipinski definition) is 1. The number of nitrogens with one attached hydrogen (secondary N) is 1. The number of hydrogen-bond acceptors (Lipinski definition) is 3. The topological polar surface area (TPSA) is 40.1 Å². The number of piperazine rings is 1. The number of para-hydroxylation sites is 1. The van der Waals surface area contributed by atoms with Gasteiger partial charge in [-0.3, -0.25) is 4.99 Å². The lowest BCUT2D eigenvalue weighted by Crippen LogP contribution is -2.52. The van der Waals surface area contributed by atoms with E-state index < -0.39 is 0 Å². The van der Waals surface area contributed by atoms with Gasteiger partial charge in [-0.25, -0.2) is 4.39 Å². The van der Waals surface area contributed by atoms with Crippen molar-refractivity contribution in [3.8, 4) is 0 Å². The number of anilines is 1. The predicted octanol–water partition coefficient (Wildman–Crippen LogP) is 3.12. The third-order valence-corrected chi connectivity index (χ3v) is 5.61. The molecular formula is C21H33FN4O. The predicted molar refractivity (Wildman–Crippen MR) is 109 cm³/mol. The molecule has 2 fully saturated rings. The molecule has 1 saturated heterocycles. The highest BCUT2D eigenvalue weighted by Gasteiger charge is 2.42. The lowest BCUT2D eigenvalue weighted by Gasteiger charge is -2.38. The quantitative estimate of drug-likeness (QED) is 0.430. The molecule has 1 aromatic carbocycles. The third-order valence-electron chi connectivity index (χ3n) is 5.61. The summed E-state index contributed by atoms with van der Waals surface area (Å²) >= 11 is 0. The van der Waals surface area contributed by atoms with E-state index in [1.165, 1.54) is 18.9 Å². The van der Waals surface area contributed by atoms with Crippen LogP contribution in [0.3, 0.4) is 0 Å². The Hall–Kier alpha value is -1.82.